The van der Waals surface area contributed by atoms with Gasteiger partial charge in [-0.2, -0.15) is 4.98 Å². The number of aromatic nitrogens is 3. The first-order valence-corrected chi connectivity index (χ1v) is 12.2. The van der Waals surface area contributed by atoms with Crippen molar-refractivity contribution in [3.8, 4) is 22.9 Å². The number of hydrogen-bond acceptors (Lipinski definition) is 7. The molecule has 2 aromatic rings. The maximum absolute atomic E-state index is 13.1. The first-order chi connectivity index (χ1) is 18.4. The van der Waals surface area contributed by atoms with Crippen LogP contribution >= 0.6 is 0 Å². The van der Waals surface area contributed by atoms with E-state index in [2.05, 4.69) is 30.9 Å². The Morgan fingerprint density at radius 2 is 1.71 bits per heavy atom. The Balaban J connectivity index is 1.16. The van der Waals surface area contributed by atoms with Crippen LogP contribution in [0.5, 0.6) is 11.5 Å². The first-order valence-electron chi connectivity index (χ1n) is 12.2. The van der Waals surface area contributed by atoms with Crippen LogP contribution in [-0.4, -0.2) is 39.9 Å². The van der Waals surface area contributed by atoms with E-state index in [0.29, 0.717) is 41.3 Å². The predicted octanol–water partition coefficient (Wildman–Crippen LogP) is 3.63. The molecule has 10 nitrogen and oxygen atoms in total. The smallest absolute Gasteiger partial charge is 0.246 e. The lowest BCUT2D eigenvalue weighted by molar-refractivity contribution is -0.131. The summed E-state index contributed by atoms with van der Waals surface area (Å²) in [7, 11) is 1.65. The molecule has 3 heterocycles. The van der Waals surface area contributed by atoms with Crippen molar-refractivity contribution >= 4 is 29.0 Å². The molecule has 192 valence electrons. The molecule has 0 radical (unpaired) electrons. The number of nitrogens with one attached hydrogen (secondary N) is 3. The van der Waals surface area contributed by atoms with E-state index in [1.54, 1.807) is 37.5 Å². The largest absolute Gasteiger partial charge is 0.454 e. The minimum absolute atomic E-state index is 0.378. The maximum atomic E-state index is 13.1. The van der Waals surface area contributed by atoms with E-state index >= 15 is 0 Å². The Labute approximate surface area is 217 Å². The number of fused-ring (bicyclic) bond motifs is 3. The van der Waals surface area contributed by atoms with Gasteiger partial charge in [-0.15, -0.1) is 0 Å². The molecule has 1 saturated carbocycles. The van der Waals surface area contributed by atoms with Crippen LogP contribution in [0.2, 0.25) is 0 Å². The van der Waals surface area contributed by atoms with Crippen molar-refractivity contribution < 1.29 is 18.7 Å². The highest BCUT2D eigenvalue weighted by molar-refractivity contribution is 6.16. The third-order valence-corrected chi connectivity index (χ3v) is 6.72. The average molecular weight is 514 g/mol. The van der Waals surface area contributed by atoms with E-state index in [1.165, 1.54) is 24.3 Å². The third-order valence-electron chi connectivity index (χ3n) is 6.72. The summed E-state index contributed by atoms with van der Waals surface area (Å²) < 4.78 is 21.4. The van der Waals surface area contributed by atoms with E-state index < -0.39 is 17.1 Å². The van der Waals surface area contributed by atoms with Gasteiger partial charge in [-0.1, -0.05) is 0 Å². The number of anilines is 3. The summed E-state index contributed by atoms with van der Waals surface area (Å²) in [4.78, 5) is 38.6. The van der Waals surface area contributed by atoms with E-state index in [1.807, 2.05) is 10.6 Å². The Morgan fingerprint density at radius 1 is 1.05 bits per heavy atom. The number of amides is 2. The average Bonchev–Trinajstić information content (AvgIpc) is 3.60. The molecule has 0 spiro atoms. The minimum Gasteiger partial charge on any atom is -0.454 e. The van der Waals surface area contributed by atoms with Crippen molar-refractivity contribution in [2.75, 3.05) is 29.5 Å². The summed E-state index contributed by atoms with van der Waals surface area (Å²) in [5.74, 6) is 1.63. The van der Waals surface area contributed by atoms with Crippen molar-refractivity contribution in [2.45, 2.75) is 19.4 Å². The van der Waals surface area contributed by atoms with Crippen LogP contribution in [0.4, 0.5) is 21.6 Å². The summed E-state index contributed by atoms with van der Waals surface area (Å²) >= 11 is 0. The zero-order valence-electron chi connectivity index (χ0n) is 20.5. The van der Waals surface area contributed by atoms with Gasteiger partial charge in [-0.05, 0) is 67.4 Å². The fourth-order valence-corrected chi connectivity index (χ4v) is 4.46. The quantitative estimate of drug-likeness (QED) is 0.339. The van der Waals surface area contributed by atoms with Gasteiger partial charge in [0.1, 0.15) is 22.8 Å². The zero-order valence-corrected chi connectivity index (χ0v) is 20.5. The second kappa shape index (κ2) is 9.25. The van der Waals surface area contributed by atoms with Gasteiger partial charge < -0.3 is 25.3 Å². The number of benzene rings is 2. The molecule has 1 aliphatic carbocycles. The number of ether oxygens (including phenoxy) is 1. The van der Waals surface area contributed by atoms with Gasteiger partial charge in [0, 0.05) is 43.3 Å². The maximum Gasteiger partial charge on any atom is 0.246 e. The minimum atomic E-state index is -1.13. The standard InChI is InChI=1S/C27H24FN7O3/c1-29-26-31-15-16-14-21(23-30-12-13-35(23)22(16)34-26)38-20-8-6-19(7-9-20)33-25(37)27(10-11-27)24(36)32-18-4-2-17(28)3-5-18/h2-9,14-15,30H,10-13H2,1H3,(H,32,36)(H,33,37). The van der Waals surface area contributed by atoms with Crippen LogP contribution in [0, 0.1) is 11.2 Å². The highest BCUT2D eigenvalue weighted by atomic mass is 19.1. The van der Waals surface area contributed by atoms with Crippen molar-refractivity contribution in [1.29, 1.82) is 0 Å². The molecule has 0 aromatic heterocycles. The monoisotopic (exact) mass is 513 g/mol. The second-order valence-corrected chi connectivity index (χ2v) is 9.23. The van der Waals surface area contributed by atoms with E-state index in [0.717, 1.165) is 30.3 Å². The van der Waals surface area contributed by atoms with E-state index in [-0.39, 0.29) is 5.91 Å². The molecule has 2 amide bonds. The Hall–Kier alpha value is -4.80. The van der Waals surface area contributed by atoms with Gasteiger partial charge in [0.05, 0.1) is 0 Å². The van der Waals surface area contributed by atoms with Crippen molar-refractivity contribution in [2.24, 2.45) is 10.4 Å². The van der Waals surface area contributed by atoms with E-state index in [9.17, 15) is 14.0 Å². The Bertz CT molecular complexity index is 1580. The number of halogens is 1. The molecule has 0 bridgehead atoms. The summed E-state index contributed by atoms with van der Waals surface area (Å²) in [6.45, 7) is 1.49. The predicted molar refractivity (Wildman–Crippen MR) is 138 cm³/mol. The van der Waals surface area contributed by atoms with Crippen LogP contribution in [0.3, 0.4) is 0 Å². The Kier molecular flexibility index (Phi) is 5.74. The molecular weight excluding hydrogens is 489 g/mol. The molecule has 0 unspecified atom stereocenters. The number of rotatable bonds is 6. The van der Waals surface area contributed by atoms with Crippen molar-refractivity contribution in [3.05, 3.63) is 72.2 Å². The third kappa shape index (κ3) is 4.32. The number of nitrogens with zero attached hydrogens (tertiary/aromatic N) is 4. The Morgan fingerprint density at radius 3 is 2.34 bits per heavy atom. The lowest BCUT2D eigenvalue weighted by Crippen LogP contribution is -2.35. The van der Waals surface area contributed by atoms with Crippen LogP contribution < -0.4 is 26.3 Å². The van der Waals surface area contributed by atoms with Crippen LogP contribution in [0.1, 0.15) is 12.8 Å². The topological polar surface area (TPSA) is 123 Å². The van der Waals surface area contributed by atoms with Gasteiger partial charge in [-0.25, -0.2) is 9.37 Å². The molecule has 3 N–H and O–H groups in total. The van der Waals surface area contributed by atoms with Crippen LogP contribution in [-0.2, 0) is 16.1 Å². The SMILES string of the molecule is CN=c1ncc2cc(Oc3ccc(NC(=O)C4(C(=O)Nc5ccc(F)cc5)CC4)cc3)c3n(c-2n1)CCN3. The first kappa shape index (κ1) is 23.6. The van der Waals surface area contributed by atoms with Gasteiger partial charge in [-0.3, -0.25) is 14.6 Å². The fourth-order valence-electron chi connectivity index (χ4n) is 4.46. The molecular formula is C27H24FN7O3. The van der Waals surface area contributed by atoms with Gasteiger partial charge in [0.15, 0.2) is 11.6 Å². The van der Waals surface area contributed by atoms with Crippen LogP contribution in [0.25, 0.3) is 11.4 Å². The summed E-state index contributed by atoms with van der Waals surface area (Å²) in [6.07, 6.45) is 2.62. The van der Waals surface area contributed by atoms with Gasteiger partial charge in [0.25, 0.3) is 0 Å². The molecule has 0 atom stereocenters. The highest BCUT2D eigenvalue weighted by Gasteiger charge is 2.56. The molecule has 1 fully saturated rings. The number of carbonyl (C=O) groups excluding carboxylic acids is 2. The zero-order chi connectivity index (χ0) is 26.3. The number of pyridine rings is 1. The van der Waals surface area contributed by atoms with Gasteiger partial charge in [0.2, 0.25) is 17.4 Å². The fraction of sp³-hybridized carbons (Fsp3) is 0.222. The summed E-state index contributed by atoms with van der Waals surface area (Å²) in [5.41, 5.74) is 1.11. The normalized spacial score (nSPS) is 15.5. The second-order valence-electron chi connectivity index (χ2n) is 9.23. The summed E-state index contributed by atoms with van der Waals surface area (Å²) in [6, 6.07) is 14.3. The number of carbonyl (C=O) groups is 2. The molecule has 2 aromatic carbocycles. The van der Waals surface area contributed by atoms with Crippen molar-refractivity contribution in [1.82, 2.24) is 14.5 Å². The van der Waals surface area contributed by atoms with Gasteiger partial charge >= 0.3 is 0 Å². The molecule has 38 heavy (non-hydrogen) atoms. The molecule has 0 saturated heterocycles. The van der Waals surface area contributed by atoms with Crippen LogP contribution in [0.15, 0.2) is 65.8 Å². The molecule has 11 heteroatoms. The summed E-state index contributed by atoms with van der Waals surface area (Å²) in [5, 5.41) is 8.88. The molecule has 6 rings (SSSR count). The van der Waals surface area contributed by atoms with E-state index in [4.69, 9.17) is 4.74 Å². The highest BCUT2D eigenvalue weighted by Crippen LogP contribution is 2.47. The van der Waals surface area contributed by atoms with Crippen molar-refractivity contribution in [3.63, 3.8) is 0 Å². The molecule has 4 aliphatic rings. The number of hydrogen-bond donors (Lipinski definition) is 3. The lowest BCUT2D eigenvalue weighted by Gasteiger charge is -2.17. The lowest BCUT2D eigenvalue weighted by atomic mass is 10.0. The molecule has 3 aliphatic heterocycles.